The maximum absolute atomic E-state index is 13.0. The topological polar surface area (TPSA) is 122 Å². The Kier molecular flexibility index (Phi) is 8.54. The van der Waals surface area contributed by atoms with E-state index in [4.69, 9.17) is 21.1 Å². The molecule has 9 nitrogen and oxygen atoms in total. The average Bonchev–Trinajstić information content (AvgIpc) is 2.81. The SMILES string of the molecule is CC(=O)NNC(=O)Cc1cnc(OCCc2ccc(Oc3ccc(Cl)c(C(F)(F)F)c3)cc2)[nH]c1=O. The normalized spacial score (nSPS) is 11.0. The van der Waals surface area contributed by atoms with Gasteiger partial charge in [0.25, 0.3) is 11.6 Å². The number of halogens is 4. The van der Waals surface area contributed by atoms with E-state index in [0.717, 1.165) is 17.7 Å². The highest BCUT2D eigenvalue weighted by atomic mass is 35.5. The fourth-order valence-electron chi connectivity index (χ4n) is 2.89. The van der Waals surface area contributed by atoms with Gasteiger partial charge in [0.15, 0.2) is 0 Å². The second-order valence-electron chi connectivity index (χ2n) is 7.43. The Morgan fingerprint density at radius 3 is 2.42 bits per heavy atom. The smallest absolute Gasteiger partial charge is 0.417 e. The molecule has 0 radical (unpaired) electrons. The van der Waals surface area contributed by atoms with Gasteiger partial charge in [-0.1, -0.05) is 23.7 Å². The zero-order valence-electron chi connectivity index (χ0n) is 18.7. The quantitative estimate of drug-likeness (QED) is 0.387. The molecule has 0 fully saturated rings. The van der Waals surface area contributed by atoms with Crippen LogP contribution in [0, 0.1) is 0 Å². The molecule has 36 heavy (non-hydrogen) atoms. The van der Waals surface area contributed by atoms with Gasteiger partial charge in [-0.3, -0.25) is 30.2 Å². The summed E-state index contributed by atoms with van der Waals surface area (Å²) in [5, 5.41) is -0.414. The first-order chi connectivity index (χ1) is 17.0. The first-order valence-electron chi connectivity index (χ1n) is 10.4. The first-order valence-corrected chi connectivity index (χ1v) is 10.8. The largest absolute Gasteiger partial charge is 0.464 e. The number of aromatic amines is 1. The number of aromatic nitrogens is 2. The van der Waals surface area contributed by atoms with Crippen LogP contribution in [0.5, 0.6) is 17.5 Å². The van der Waals surface area contributed by atoms with Gasteiger partial charge in [0.05, 0.1) is 23.6 Å². The summed E-state index contributed by atoms with van der Waals surface area (Å²) in [7, 11) is 0. The van der Waals surface area contributed by atoms with E-state index < -0.39 is 34.1 Å². The Morgan fingerprint density at radius 2 is 1.78 bits per heavy atom. The van der Waals surface area contributed by atoms with Crippen molar-refractivity contribution in [2.24, 2.45) is 0 Å². The zero-order chi connectivity index (χ0) is 26.3. The molecule has 0 unspecified atom stereocenters. The van der Waals surface area contributed by atoms with Crippen LogP contribution in [-0.2, 0) is 28.6 Å². The molecule has 0 atom stereocenters. The number of carbonyl (C=O) groups excluding carboxylic acids is 2. The number of rotatable bonds is 8. The molecular weight excluding hydrogens is 505 g/mol. The molecule has 0 aliphatic heterocycles. The van der Waals surface area contributed by atoms with Gasteiger partial charge >= 0.3 is 6.18 Å². The summed E-state index contributed by atoms with van der Waals surface area (Å²) in [6.07, 6.45) is -3.24. The van der Waals surface area contributed by atoms with Crippen LogP contribution in [0.25, 0.3) is 0 Å². The highest BCUT2D eigenvalue weighted by Crippen LogP contribution is 2.37. The molecule has 0 aliphatic rings. The lowest BCUT2D eigenvalue weighted by Gasteiger charge is -2.12. The van der Waals surface area contributed by atoms with Crippen LogP contribution in [-0.4, -0.2) is 28.4 Å². The molecule has 0 saturated carbocycles. The van der Waals surface area contributed by atoms with Crippen molar-refractivity contribution in [1.82, 2.24) is 20.8 Å². The van der Waals surface area contributed by atoms with Crippen LogP contribution >= 0.6 is 11.6 Å². The molecule has 1 heterocycles. The monoisotopic (exact) mass is 524 g/mol. The minimum absolute atomic E-state index is 0.00567. The molecule has 0 aliphatic carbocycles. The number of hydrazine groups is 1. The van der Waals surface area contributed by atoms with E-state index in [-0.39, 0.29) is 30.4 Å². The third-order valence-electron chi connectivity index (χ3n) is 4.61. The Hall–Kier alpha value is -4.06. The lowest BCUT2D eigenvalue weighted by Crippen LogP contribution is -2.41. The van der Waals surface area contributed by atoms with Gasteiger partial charge in [-0.05, 0) is 35.9 Å². The summed E-state index contributed by atoms with van der Waals surface area (Å²) in [6, 6.07) is 9.88. The number of ether oxygens (including phenoxy) is 2. The number of alkyl halides is 3. The number of hydrogen-bond donors (Lipinski definition) is 3. The summed E-state index contributed by atoms with van der Waals surface area (Å²) >= 11 is 5.61. The van der Waals surface area contributed by atoms with Crippen molar-refractivity contribution in [3.8, 4) is 17.5 Å². The average molecular weight is 525 g/mol. The van der Waals surface area contributed by atoms with E-state index >= 15 is 0 Å². The van der Waals surface area contributed by atoms with Gasteiger partial charge in [-0.15, -0.1) is 0 Å². The second kappa shape index (κ2) is 11.6. The van der Waals surface area contributed by atoms with Crippen LogP contribution in [0.15, 0.2) is 53.5 Å². The van der Waals surface area contributed by atoms with E-state index in [1.165, 1.54) is 19.2 Å². The molecule has 2 amide bonds. The van der Waals surface area contributed by atoms with Gasteiger partial charge in [0.1, 0.15) is 11.5 Å². The van der Waals surface area contributed by atoms with E-state index in [2.05, 4.69) is 20.8 Å². The molecule has 190 valence electrons. The van der Waals surface area contributed by atoms with Gasteiger partial charge in [-0.2, -0.15) is 13.2 Å². The second-order valence-corrected chi connectivity index (χ2v) is 7.84. The van der Waals surface area contributed by atoms with Crippen LogP contribution in [0.2, 0.25) is 5.02 Å². The number of nitrogens with one attached hydrogen (secondary N) is 3. The fraction of sp³-hybridized carbons (Fsp3) is 0.217. The maximum atomic E-state index is 13.0. The van der Waals surface area contributed by atoms with Crippen LogP contribution in [0.1, 0.15) is 23.6 Å². The molecule has 0 saturated heterocycles. The molecule has 13 heteroatoms. The van der Waals surface area contributed by atoms with Crippen molar-refractivity contribution < 1.29 is 32.2 Å². The highest BCUT2D eigenvalue weighted by molar-refractivity contribution is 6.31. The molecule has 3 rings (SSSR count). The van der Waals surface area contributed by atoms with Gasteiger partial charge in [0, 0.05) is 25.1 Å². The Morgan fingerprint density at radius 1 is 1.08 bits per heavy atom. The molecule has 0 spiro atoms. The van der Waals surface area contributed by atoms with Crippen molar-refractivity contribution in [1.29, 1.82) is 0 Å². The van der Waals surface area contributed by atoms with Crippen LogP contribution in [0.3, 0.4) is 0 Å². The summed E-state index contributed by atoms with van der Waals surface area (Å²) in [4.78, 5) is 41.0. The van der Waals surface area contributed by atoms with Gasteiger partial charge in [0.2, 0.25) is 11.8 Å². The lowest BCUT2D eigenvalue weighted by atomic mass is 10.1. The van der Waals surface area contributed by atoms with Gasteiger partial charge in [-0.25, -0.2) is 4.98 Å². The Bertz CT molecular complexity index is 1300. The van der Waals surface area contributed by atoms with Gasteiger partial charge < -0.3 is 9.47 Å². The lowest BCUT2D eigenvalue weighted by molar-refractivity contribution is -0.137. The minimum Gasteiger partial charge on any atom is -0.464 e. The van der Waals surface area contributed by atoms with E-state index in [9.17, 15) is 27.6 Å². The minimum atomic E-state index is -4.60. The Labute approximate surface area is 207 Å². The fourth-order valence-corrected chi connectivity index (χ4v) is 3.11. The van der Waals surface area contributed by atoms with Crippen molar-refractivity contribution in [3.05, 3.63) is 80.7 Å². The van der Waals surface area contributed by atoms with E-state index in [0.29, 0.717) is 12.2 Å². The number of benzene rings is 2. The molecule has 3 aromatic rings. The van der Waals surface area contributed by atoms with Crippen molar-refractivity contribution >= 4 is 23.4 Å². The zero-order valence-corrected chi connectivity index (χ0v) is 19.5. The third-order valence-corrected chi connectivity index (χ3v) is 4.94. The van der Waals surface area contributed by atoms with Crippen molar-refractivity contribution in [2.45, 2.75) is 25.9 Å². The number of hydrogen-bond acceptors (Lipinski definition) is 6. The Balaban J connectivity index is 1.51. The number of nitrogens with zero attached hydrogens (tertiary/aromatic N) is 1. The van der Waals surface area contributed by atoms with Crippen molar-refractivity contribution in [3.63, 3.8) is 0 Å². The molecule has 1 aromatic heterocycles. The first kappa shape index (κ1) is 26.5. The van der Waals surface area contributed by atoms with E-state index in [1.54, 1.807) is 24.3 Å². The number of amides is 2. The van der Waals surface area contributed by atoms with Crippen LogP contribution < -0.4 is 25.9 Å². The standard InChI is InChI=1S/C23H20ClF3N4O5/c1-13(32)30-31-20(33)10-15-12-28-22(29-21(15)34)35-9-8-14-2-4-16(5-3-14)36-17-6-7-19(24)18(11-17)23(25,26)27/h2-7,11-12H,8-10H2,1H3,(H,30,32)(H,31,33)(H,28,29,34). The summed E-state index contributed by atoms with van der Waals surface area (Å²) in [6.45, 7) is 1.39. The molecule has 0 bridgehead atoms. The van der Waals surface area contributed by atoms with Crippen LogP contribution in [0.4, 0.5) is 13.2 Å². The summed E-state index contributed by atoms with van der Waals surface area (Å²) < 4.78 is 49.9. The summed E-state index contributed by atoms with van der Waals surface area (Å²) in [5.41, 5.74) is 3.64. The number of H-pyrrole nitrogens is 1. The molecule has 2 aromatic carbocycles. The van der Waals surface area contributed by atoms with E-state index in [1.807, 2.05) is 0 Å². The number of carbonyl (C=O) groups is 2. The van der Waals surface area contributed by atoms with Crippen molar-refractivity contribution in [2.75, 3.05) is 6.61 Å². The maximum Gasteiger partial charge on any atom is 0.417 e. The molecule has 3 N–H and O–H groups in total. The summed E-state index contributed by atoms with van der Waals surface area (Å²) in [5.74, 6) is -0.717. The predicted molar refractivity (Wildman–Crippen MR) is 123 cm³/mol. The highest BCUT2D eigenvalue weighted by Gasteiger charge is 2.33. The third kappa shape index (κ3) is 7.73. The molecular formula is C23H20ClF3N4O5. The predicted octanol–water partition coefficient (Wildman–Crippen LogP) is 3.57.